The predicted molar refractivity (Wildman–Crippen MR) is 85.9 cm³/mol. The SMILES string of the molecule is Cc1cccc(-n2c(=S)[nH]c3cc(Cl)ccc32)c1Br. The topological polar surface area (TPSA) is 20.7 Å². The zero-order chi connectivity index (χ0) is 13.6. The van der Waals surface area contributed by atoms with Crippen LogP contribution in [0.25, 0.3) is 16.7 Å². The Morgan fingerprint density at radius 1 is 1.26 bits per heavy atom. The lowest BCUT2D eigenvalue weighted by molar-refractivity contribution is 1.05. The fraction of sp³-hybridized carbons (Fsp3) is 0.0714. The fourth-order valence-electron chi connectivity index (χ4n) is 2.13. The number of hydrogen-bond acceptors (Lipinski definition) is 1. The molecule has 0 saturated heterocycles. The van der Waals surface area contributed by atoms with Crippen LogP contribution in [-0.2, 0) is 0 Å². The van der Waals surface area contributed by atoms with E-state index in [1.54, 1.807) is 0 Å². The van der Waals surface area contributed by atoms with Crippen LogP contribution in [-0.4, -0.2) is 9.55 Å². The normalized spacial score (nSPS) is 11.1. The molecule has 1 N–H and O–H groups in total. The third-order valence-corrected chi connectivity index (χ3v) is 4.61. The molecule has 0 aliphatic rings. The van der Waals surface area contributed by atoms with E-state index in [0.29, 0.717) is 9.79 Å². The Kier molecular flexibility index (Phi) is 3.25. The molecule has 5 heteroatoms. The summed E-state index contributed by atoms with van der Waals surface area (Å²) in [7, 11) is 0. The van der Waals surface area contributed by atoms with Gasteiger partial charge in [0.2, 0.25) is 0 Å². The van der Waals surface area contributed by atoms with Crippen LogP contribution in [0.5, 0.6) is 0 Å². The lowest BCUT2D eigenvalue weighted by Gasteiger charge is -2.09. The van der Waals surface area contributed by atoms with Crippen molar-refractivity contribution in [1.82, 2.24) is 9.55 Å². The number of benzene rings is 2. The zero-order valence-corrected chi connectivity index (χ0v) is 13.2. The van der Waals surface area contributed by atoms with Crippen molar-refractivity contribution in [2.24, 2.45) is 0 Å². The van der Waals surface area contributed by atoms with E-state index in [4.69, 9.17) is 23.8 Å². The van der Waals surface area contributed by atoms with Crippen LogP contribution in [0.4, 0.5) is 0 Å². The maximum atomic E-state index is 6.01. The van der Waals surface area contributed by atoms with Gasteiger partial charge < -0.3 is 4.98 Å². The fourth-order valence-corrected chi connectivity index (χ4v) is 3.05. The molecule has 0 saturated carbocycles. The van der Waals surface area contributed by atoms with Crippen LogP contribution >= 0.6 is 39.7 Å². The molecule has 2 aromatic carbocycles. The van der Waals surface area contributed by atoms with Gasteiger partial charge in [0.25, 0.3) is 0 Å². The van der Waals surface area contributed by atoms with Crippen molar-refractivity contribution in [3.8, 4) is 5.69 Å². The third-order valence-electron chi connectivity index (χ3n) is 3.06. The summed E-state index contributed by atoms with van der Waals surface area (Å²) in [5.41, 5.74) is 4.15. The Morgan fingerprint density at radius 2 is 2.05 bits per heavy atom. The van der Waals surface area contributed by atoms with Gasteiger partial charge in [0.05, 0.1) is 16.7 Å². The molecular formula is C14H10BrClN2S. The van der Waals surface area contributed by atoms with Crippen molar-refractivity contribution in [2.75, 3.05) is 0 Å². The highest BCUT2D eigenvalue weighted by Crippen LogP contribution is 2.29. The first-order chi connectivity index (χ1) is 9.08. The van der Waals surface area contributed by atoms with Crippen LogP contribution in [0.2, 0.25) is 5.02 Å². The molecular weight excluding hydrogens is 344 g/mol. The summed E-state index contributed by atoms with van der Waals surface area (Å²) in [6.07, 6.45) is 0. The van der Waals surface area contributed by atoms with Gasteiger partial charge in [-0.25, -0.2) is 0 Å². The largest absolute Gasteiger partial charge is 0.330 e. The minimum absolute atomic E-state index is 0.656. The van der Waals surface area contributed by atoms with Crippen LogP contribution in [0, 0.1) is 11.7 Å². The van der Waals surface area contributed by atoms with Gasteiger partial charge in [-0.3, -0.25) is 4.57 Å². The molecule has 2 nitrogen and oxygen atoms in total. The molecule has 0 unspecified atom stereocenters. The smallest absolute Gasteiger partial charge is 0.182 e. The van der Waals surface area contributed by atoms with Crippen molar-refractivity contribution < 1.29 is 0 Å². The molecule has 1 aromatic heterocycles. The molecule has 0 bridgehead atoms. The number of imidazole rings is 1. The van der Waals surface area contributed by atoms with E-state index >= 15 is 0 Å². The second-order valence-electron chi connectivity index (χ2n) is 4.34. The molecule has 0 fully saturated rings. The molecule has 0 spiro atoms. The highest BCUT2D eigenvalue weighted by Gasteiger charge is 2.10. The quantitative estimate of drug-likeness (QED) is 0.580. The number of rotatable bonds is 1. The van der Waals surface area contributed by atoms with E-state index in [-0.39, 0.29) is 0 Å². The average Bonchev–Trinajstić information content (AvgIpc) is 2.68. The van der Waals surface area contributed by atoms with Gasteiger partial charge in [-0.1, -0.05) is 23.7 Å². The molecule has 0 aliphatic heterocycles. The number of fused-ring (bicyclic) bond motifs is 1. The number of nitrogens with one attached hydrogen (secondary N) is 1. The Hall–Kier alpha value is -1.10. The Morgan fingerprint density at radius 3 is 2.84 bits per heavy atom. The molecule has 19 heavy (non-hydrogen) atoms. The molecule has 0 atom stereocenters. The molecule has 3 aromatic rings. The number of H-pyrrole nitrogens is 1. The zero-order valence-electron chi connectivity index (χ0n) is 10.1. The van der Waals surface area contributed by atoms with Crippen LogP contribution in [0.1, 0.15) is 5.56 Å². The van der Waals surface area contributed by atoms with Gasteiger partial charge in [0, 0.05) is 9.50 Å². The molecule has 0 radical (unpaired) electrons. The predicted octanol–water partition coefficient (Wildman–Crippen LogP) is 5.41. The molecule has 1 heterocycles. The third kappa shape index (κ3) is 2.14. The second kappa shape index (κ2) is 4.78. The number of hydrogen-bond donors (Lipinski definition) is 1. The summed E-state index contributed by atoms with van der Waals surface area (Å²) < 4.78 is 3.71. The first-order valence-corrected chi connectivity index (χ1v) is 7.31. The van der Waals surface area contributed by atoms with E-state index in [0.717, 1.165) is 21.2 Å². The summed E-state index contributed by atoms with van der Waals surface area (Å²) in [6, 6.07) is 11.8. The lowest BCUT2D eigenvalue weighted by Crippen LogP contribution is -1.96. The highest BCUT2D eigenvalue weighted by atomic mass is 79.9. The maximum absolute atomic E-state index is 6.01. The standard InChI is InChI=1S/C14H10BrClN2S/c1-8-3-2-4-12(13(8)15)18-11-6-5-9(16)7-10(11)17-14(18)19/h2-7H,1H3,(H,17,19). The van der Waals surface area contributed by atoms with Crippen molar-refractivity contribution >= 4 is 50.8 Å². The first-order valence-electron chi connectivity index (χ1n) is 5.73. The Labute approximate surface area is 129 Å². The number of halogens is 2. The summed E-state index contributed by atoms with van der Waals surface area (Å²) in [6.45, 7) is 2.06. The van der Waals surface area contributed by atoms with Gasteiger partial charge in [0.15, 0.2) is 4.77 Å². The van der Waals surface area contributed by atoms with Crippen LogP contribution in [0.3, 0.4) is 0 Å². The monoisotopic (exact) mass is 352 g/mol. The Balaban J connectivity index is 2.40. The lowest BCUT2D eigenvalue weighted by atomic mass is 10.2. The summed E-state index contributed by atoms with van der Waals surface area (Å²) in [4.78, 5) is 3.19. The molecule has 0 aliphatic carbocycles. The van der Waals surface area contributed by atoms with E-state index in [2.05, 4.69) is 33.9 Å². The second-order valence-corrected chi connectivity index (χ2v) is 5.95. The van der Waals surface area contributed by atoms with E-state index in [9.17, 15) is 0 Å². The van der Waals surface area contributed by atoms with Crippen molar-refractivity contribution in [3.63, 3.8) is 0 Å². The van der Waals surface area contributed by atoms with Crippen molar-refractivity contribution in [2.45, 2.75) is 6.92 Å². The number of aryl methyl sites for hydroxylation is 1. The molecule has 96 valence electrons. The first kappa shape index (κ1) is 12.9. The van der Waals surface area contributed by atoms with E-state index < -0.39 is 0 Å². The molecule has 0 amide bonds. The van der Waals surface area contributed by atoms with Gasteiger partial charge in [-0.15, -0.1) is 0 Å². The van der Waals surface area contributed by atoms with Gasteiger partial charge >= 0.3 is 0 Å². The summed E-state index contributed by atoms with van der Waals surface area (Å²) in [5.74, 6) is 0. The Bertz CT molecular complexity index is 835. The summed E-state index contributed by atoms with van der Waals surface area (Å²) in [5, 5.41) is 0.694. The number of aromatic amines is 1. The minimum atomic E-state index is 0.656. The minimum Gasteiger partial charge on any atom is -0.330 e. The maximum Gasteiger partial charge on any atom is 0.182 e. The molecule has 3 rings (SSSR count). The average molecular weight is 354 g/mol. The summed E-state index contributed by atoms with van der Waals surface area (Å²) >= 11 is 15.1. The number of aromatic nitrogens is 2. The van der Waals surface area contributed by atoms with Crippen LogP contribution < -0.4 is 0 Å². The van der Waals surface area contributed by atoms with Gasteiger partial charge in [0.1, 0.15) is 0 Å². The highest BCUT2D eigenvalue weighted by molar-refractivity contribution is 9.10. The van der Waals surface area contributed by atoms with E-state index in [1.807, 2.05) is 34.9 Å². The van der Waals surface area contributed by atoms with Crippen molar-refractivity contribution in [1.29, 1.82) is 0 Å². The van der Waals surface area contributed by atoms with Crippen LogP contribution in [0.15, 0.2) is 40.9 Å². The number of nitrogens with zero attached hydrogens (tertiary/aromatic N) is 1. The van der Waals surface area contributed by atoms with Gasteiger partial charge in [-0.05, 0) is 64.9 Å². The van der Waals surface area contributed by atoms with Crippen molar-refractivity contribution in [3.05, 3.63) is 56.2 Å². The van der Waals surface area contributed by atoms with E-state index in [1.165, 1.54) is 5.56 Å². The van der Waals surface area contributed by atoms with Gasteiger partial charge in [-0.2, -0.15) is 0 Å².